The number of nitrogens with one attached hydrogen (secondary N) is 1. The van der Waals surface area contributed by atoms with E-state index in [1.54, 1.807) is 0 Å². The molecule has 0 atom stereocenters. The number of sulfonamides is 1. The van der Waals surface area contributed by atoms with Crippen LogP contribution in [0.3, 0.4) is 0 Å². The molecule has 0 unspecified atom stereocenters. The second-order valence-corrected chi connectivity index (χ2v) is 6.82. The SMILES string of the molecule is CS(=O)(=O)NCCCCCN1CCCCCC1. The Morgan fingerprint density at radius 2 is 1.65 bits per heavy atom. The summed E-state index contributed by atoms with van der Waals surface area (Å²) >= 11 is 0. The molecule has 0 bridgehead atoms. The van der Waals surface area contributed by atoms with Crippen LogP contribution in [0, 0.1) is 0 Å². The quantitative estimate of drug-likeness (QED) is 0.709. The molecule has 1 heterocycles. The van der Waals surface area contributed by atoms with Crippen molar-refractivity contribution in [1.82, 2.24) is 9.62 Å². The van der Waals surface area contributed by atoms with Crippen LogP contribution in [0.5, 0.6) is 0 Å². The first-order chi connectivity index (χ1) is 8.08. The average molecular weight is 262 g/mol. The molecule has 1 aliphatic heterocycles. The Hall–Kier alpha value is -0.130. The van der Waals surface area contributed by atoms with E-state index >= 15 is 0 Å². The Morgan fingerprint density at radius 1 is 1.00 bits per heavy atom. The van der Waals surface area contributed by atoms with Crippen molar-refractivity contribution in [2.24, 2.45) is 0 Å². The normalized spacial score (nSPS) is 19.1. The van der Waals surface area contributed by atoms with E-state index in [-0.39, 0.29) is 0 Å². The number of rotatable bonds is 7. The summed E-state index contributed by atoms with van der Waals surface area (Å²) in [6.45, 7) is 4.26. The highest BCUT2D eigenvalue weighted by atomic mass is 32.2. The molecule has 17 heavy (non-hydrogen) atoms. The second-order valence-electron chi connectivity index (χ2n) is 4.98. The summed E-state index contributed by atoms with van der Waals surface area (Å²) in [5.41, 5.74) is 0. The lowest BCUT2D eigenvalue weighted by molar-refractivity contribution is 0.278. The minimum Gasteiger partial charge on any atom is -0.303 e. The van der Waals surface area contributed by atoms with Crippen LogP contribution in [0.15, 0.2) is 0 Å². The first kappa shape index (κ1) is 14.9. The van der Waals surface area contributed by atoms with E-state index in [2.05, 4.69) is 9.62 Å². The highest BCUT2D eigenvalue weighted by molar-refractivity contribution is 7.88. The topological polar surface area (TPSA) is 49.4 Å². The zero-order chi connectivity index (χ0) is 12.6. The molecule has 4 nitrogen and oxygen atoms in total. The third kappa shape index (κ3) is 8.57. The maximum absolute atomic E-state index is 10.8. The van der Waals surface area contributed by atoms with Gasteiger partial charge in [0.05, 0.1) is 6.26 Å². The molecule has 0 amide bonds. The number of hydrogen-bond donors (Lipinski definition) is 1. The summed E-state index contributed by atoms with van der Waals surface area (Å²) < 4.78 is 24.2. The van der Waals surface area contributed by atoms with Crippen LogP contribution in [0.4, 0.5) is 0 Å². The fourth-order valence-electron chi connectivity index (χ4n) is 2.25. The van der Waals surface area contributed by atoms with E-state index in [1.165, 1.54) is 58.0 Å². The van der Waals surface area contributed by atoms with Crippen LogP contribution in [0.25, 0.3) is 0 Å². The molecule has 102 valence electrons. The molecule has 0 aliphatic carbocycles. The molecule has 1 aliphatic rings. The lowest BCUT2D eigenvalue weighted by Gasteiger charge is -2.19. The molecular formula is C12H26N2O2S. The first-order valence-electron chi connectivity index (χ1n) is 6.75. The standard InChI is InChI=1S/C12H26N2O2S/c1-17(15,16)13-9-5-4-8-12-14-10-6-2-3-7-11-14/h13H,2-12H2,1H3. The van der Waals surface area contributed by atoms with Crippen molar-refractivity contribution >= 4 is 10.0 Å². The Labute approximate surface area is 106 Å². The molecule has 0 aromatic heterocycles. The van der Waals surface area contributed by atoms with Crippen molar-refractivity contribution in [3.8, 4) is 0 Å². The van der Waals surface area contributed by atoms with Crippen molar-refractivity contribution in [2.45, 2.75) is 44.9 Å². The predicted octanol–water partition coefficient (Wildman–Crippen LogP) is 1.58. The molecule has 0 saturated carbocycles. The number of hydrogen-bond acceptors (Lipinski definition) is 3. The zero-order valence-electron chi connectivity index (χ0n) is 11.0. The van der Waals surface area contributed by atoms with E-state index in [9.17, 15) is 8.42 Å². The largest absolute Gasteiger partial charge is 0.303 e. The number of unbranched alkanes of at least 4 members (excludes halogenated alkanes) is 2. The Morgan fingerprint density at radius 3 is 2.24 bits per heavy atom. The monoisotopic (exact) mass is 262 g/mol. The molecule has 0 spiro atoms. The third-order valence-corrected chi connectivity index (χ3v) is 3.94. The highest BCUT2D eigenvalue weighted by Crippen LogP contribution is 2.10. The fourth-order valence-corrected chi connectivity index (χ4v) is 2.77. The van der Waals surface area contributed by atoms with Crippen LogP contribution in [-0.2, 0) is 10.0 Å². The molecule has 5 heteroatoms. The highest BCUT2D eigenvalue weighted by Gasteiger charge is 2.07. The van der Waals surface area contributed by atoms with Gasteiger partial charge in [0, 0.05) is 6.54 Å². The Bertz CT molecular complexity index is 283. The summed E-state index contributed by atoms with van der Waals surface area (Å²) in [6, 6.07) is 0. The first-order valence-corrected chi connectivity index (χ1v) is 8.64. The Kier molecular flexibility index (Phi) is 7.08. The summed E-state index contributed by atoms with van der Waals surface area (Å²) in [7, 11) is -3.00. The molecule has 1 saturated heterocycles. The molecular weight excluding hydrogens is 236 g/mol. The van der Waals surface area contributed by atoms with Gasteiger partial charge in [-0.3, -0.25) is 0 Å². The maximum atomic E-state index is 10.8. The summed E-state index contributed by atoms with van der Waals surface area (Å²) in [4.78, 5) is 2.55. The van der Waals surface area contributed by atoms with Crippen LogP contribution in [0.2, 0.25) is 0 Å². The van der Waals surface area contributed by atoms with Crippen LogP contribution in [0.1, 0.15) is 44.9 Å². The average Bonchev–Trinajstić information content (AvgIpc) is 2.50. The van der Waals surface area contributed by atoms with E-state index in [0.717, 1.165) is 12.8 Å². The van der Waals surface area contributed by atoms with Crippen LogP contribution < -0.4 is 4.72 Å². The van der Waals surface area contributed by atoms with Crippen molar-refractivity contribution in [3.63, 3.8) is 0 Å². The van der Waals surface area contributed by atoms with Gasteiger partial charge >= 0.3 is 0 Å². The zero-order valence-corrected chi connectivity index (χ0v) is 11.8. The van der Waals surface area contributed by atoms with Gasteiger partial charge in [0.2, 0.25) is 10.0 Å². The third-order valence-electron chi connectivity index (χ3n) is 3.21. The second kappa shape index (κ2) is 8.06. The smallest absolute Gasteiger partial charge is 0.208 e. The van der Waals surface area contributed by atoms with E-state index in [4.69, 9.17) is 0 Å². The van der Waals surface area contributed by atoms with Crippen LogP contribution >= 0.6 is 0 Å². The van der Waals surface area contributed by atoms with Gasteiger partial charge in [-0.2, -0.15) is 0 Å². The van der Waals surface area contributed by atoms with Crippen molar-refractivity contribution in [2.75, 3.05) is 32.4 Å². The minimum atomic E-state index is -3.00. The van der Waals surface area contributed by atoms with Crippen molar-refractivity contribution < 1.29 is 8.42 Å². The lowest BCUT2D eigenvalue weighted by Crippen LogP contribution is -2.26. The van der Waals surface area contributed by atoms with E-state index < -0.39 is 10.0 Å². The number of nitrogens with zero attached hydrogens (tertiary/aromatic N) is 1. The molecule has 1 rings (SSSR count). The van der Waals surface area contributed by atoms with E-state index in [0.29, 0.717) is 6.54 Å². The Balaban J connectivity index is 1.96. The molecule has 0 aromatic rings. The van der Waals surface area contributed by atoms with Gasteiger partial charge in [-0.1, -0.05) is 19.3 Å². The van der Waals surface area contributed by atoms with Gasteiger partial charge in [0.15, 0.2) is 0 Å². The van der Waals surface area contributed by atoms with Crippen molar-refractivity contribution in [1.29, 1.82) is 0 Å². The van der Waals surface area contributed by atoms with Gasteiger partial charge in [-0.25, -0.2) is 13.1 Å². The van der Waals surface area contributed by atoms with Gasteiger partial charge in [0.25, 0.3) is 0 Å². The molecule has 1 N–H and O–H groups in total. The number of likely N-dealkylation sites (tertiary alicyclic amines) is 1. The van der Waals surface area contributed by atoms with Gasteiger partial charge in [-0.15, -0.1) is 0 Å². The summed E-state index contributed by atoms with van der Waals surface area (Å²) in [6.07, 6.45) is 9.91. The molecule has 1 fully saturated rings. The molecule has 0 aromatic carbocycles. The van der Waals surface area contributed by atoms with Crippen molar-refractivity contribution in [3.05, 3.63) is 0 Å². The van der Waals surface area contributed by atoms with Gasteiger partial charge < -0.3 is 4.90 Å². The predicted molar refractivity (Wildman–Crippen MR) is 71.6 cm³/mol. The fraction of sp³-hybridized carbons (Fsp3) is 1.00. The summed E-state index contributed by atoms with van der Waals surface area (Å²) in [5, 5.41) is 0. The van der Waals surface area contributed by atoms with E-state index in [1.807, 2.05) is 0 Å². The van der Waals surface area contributed by atoms with Crippen LogP contribution in [-0.4, -0.2) is 45.8 Å². The molecule has 0 radical (unpaired) electrons. The van der Waals surface area contributed by atoms with Gasteiger partial charge in [-0.05, 0) is 45.3 Å². The van der Waals surface area contributed by atoms with Gasteiger partial charge in [0.1, 0.15) is 0 Å². The minimum absolute atomic E-state index is 0.582. The maximum Gasteiger partial charge on any atom is 0.208 e. The summed E-state index contributed by atoms with van der Waals surface area (Å²) in [5.74, 6) is 0. The lowest BCUT2D eigenvalue weighted by atomic mass is 10.2.